The standard InChI is InChI=1S/C24H39BN2O6S/c1-21(2,3)31-20(28)27-14-11-18(12-15-27)34(29,30)22(4,5)19-16-17(10-13-26-19)25-32-23(6,7)24(8,9)33-25/h10,13,16,18H,11-12,14-15H2,1-9H3. The van der Waals surface area contributed by atoms with Gasteiger partial charge in [-0.3, -0.25) is 4.98 Å². The molecule has 0 aliphatic carbocycles. The number of ether oxygens (including phenoxy) is 1. The van der Waals surface area contributed by atoms with Gasteiger partial charge in [0.2, 0.25) is 0 Å². The average Bonchev–Trinajstić information content (AvgIpc) is 2.94. The number of rotatable bonds is 4. The Bertz CT molecular complexity index is 1010. The minimum absolute atomic E-state index is 0.344. The first-order valence-electron chi connectivity index (χ1n) is 11.9. The zero-order chi connectivity index (χ0) is 25.7. The van der Waals surface area contributed by atoms with Crippen molar-refractivity contribution in [3.05, 3.63) is 24.0 Å². The van der Waals surface area contributed by atoms with Gasteiger partial charge in [0.15, 0.2) is 9.84 Å². The van der Waals surface area contributed by atoms with Gasteiger partial charge in [0.25, 0.3) is 0 Å². The molecule has 0 radical (unpaired) electrons. The first kappa shape index (κ1) is 27.0. The van der Waals surface area contributed by atoms with Gasteiger partial charge in [-0.1, -0.05) is 0 Å². The van der Waals surface area contributed by atoms with Crippen LogP contribution >= 0.6 is 0 Å². The zero-order valence-corrected chi connectivity index (χ0v) is 22.8. The summed E-state index contributed by atoms with van der Waals surface area (Å²) in [5, 5.41) is -0.566. The second-order valence-electron chi connectivity index (χ2n) is 11.8. The Morgan fingerprint density at radius 1 is 1.09 bits per heavy atom. The van der Waals surface area contributed by atoms with E-state index in [1.807, 2.05) is 48.5 Å². The molecule has 0 saturated carbocycles. The predicted molar refractivity (Wildman–Crippen MR) is 133 cm³/mol. The van der Waals surface area contributed by atoms with Crippen LogP contribution in [0.5, 0.6) is 0 Å². The van der Waals surface area contributed by atoms with Crippen LogP contribution in [0.4, 0.5) is 4.79 Å². The molecule has 0 N–H and O–H groups in total. The number of nitrogens with zero attached hydrogens (tertiary/aromatic N) is 2. The molecule has 2 fully saturated rings. The second kappa shape index (κ2) is 8.78. The number of carbonyl (C=O) groups excluding carboxylic acids is 1. The Balaban J connectivity index is 1.76. The molecular weight excluding hydrogens is 455 g/mol. The molecule has 0 unspecified atom stereocenters. The highest BCUT2D eigenvalue weighted by Gasteiger charge is 2.52. The van der Waals surface area contributed by atoms with E-state index < -0.39 is 49.8 Å². The van der Waals surface area contributed by atoms with Crippen molar-refractivity contribution in [1.82, 2.24) is 9.88 Å². The molecule has 3 heterocycles. The third-order valence-electron chi connectivity index (χ3n) is 7.17. The van der Waals surface area contributed by atoms with Crippen LogP contribution in [0.25, 0.3) is 0 Å². The Kier molecular flexibility index (Phi) is 6.96. The molecule has 2 aliphatic rings. The SMILES string of the molecule is CC(C)(C)OC(=O)N1CCC(S(=O)(=O)C(C)(C)c2cc(B3OC(C)(C)C(C)(C)O3)ccn2)CC1. The van der Waals surface area contributed by atoms with Gasteiger partial charge < -0.3 is 18.9 Å². The molecule has 1 aromatic heterocycles. The van der Waals surface area contributed by atoms with E-state index in [1.165, 1.54) is 0 Å². The first-order chi connectivity index (χ1) is 15.4. The molecule has 10 heteroatoms. The molecule has 2 aliphatic heterocycles. The molecule has 190 valence electrons. The lowest BCUT2D eigenvalue weighted by Crippen LogP contribution is -2.48. The summed E-state index contributed by atoms with van der Waals surface area (Å²) in [5.41, 5.74) is -0.383. The monoisotopic (exact) mass is 494 g/mol. The molecule has 2 saturated heterocycles. The van der Waals surface area contributed by atoms with Crippen LogP contribution in [-0.2, 0) is 28.6 Å². The number of aromatic nitrogens is 1. The summed E-state index contributed by atoms with van der Waals surface area (Å²) in [4.78, 5) is 18.4. The Hall–Kier alpha value is -1.65. The van der Waals surface area contributed by atoms with Crippen LogP contribution in [0, 0.1) is 0 Å². The van der Waals surface area contributed by atoms with E-state index in [1.54, 1.807) is 37.1 Å². The Morgan fingerprint density at radius 2 is 1.62 bits per heavy atom. The van der Waals surface area contributed by atoms with Gasteiger partial charge in [0.05, 0.1) is 22.1 Å². The average molecular weight is 494 g/mol. The fourth-order valence-electron chi connectivity index (χ4n) is 4.14. The largest absolute Gasteiger partial charge is 0.494 e. The van der Waals surface area contributed by atoms with E-state index >= 15 is 0 Å². The molecular formula is C24H39BN2O6S. The quantitative estimate of drug-likeness (QED) is 0.592. The maximum absolute atomic E-state index is 13.7. The molecule has 1 amide bonds. The summed E-state index contributed by atoms with van der Waals surface area (Å²) in [6.45, 7) is 17.4. The van der Waals surface area contributed by atoms with E-state index in [0.717, 1.165) is 5.46 Å². The highest BCUT2D eigenvalue weighted by Crippen LogP contribution is 2.38. The van der Waals surface area contributed by atoms with E-state index in [2.05, 4.69) is 4.98 Å². The number of amides is 1. The van der Waals surface area contributed by atoms with Crippen molar-refractivity contribution in [3.8, 4) is 0 Å². The summed E-state index contributed by atoms with van der Waals surface area (Å²) in [5.74, 6) is 0. The van der Waals surface area contributed by atoms with Crippen molar-refractivity contribution in [2.75, 3.05) is 13.1 Å². The summed E-state index contributed by atoms with van der Waals surface area (Å²) in [6, 6.07) is 3.57. The lowest BCUT2D eigenvalue weighted by molar-refractivity contribution is 0.00578. The van der Waals surface area contributed by atoms with E-state index in [-0.39, 0.29) is 0 Å². The van der Waals surface area contributed by atoms with E-state index in [0.29, 0.717) is 31.6 Å². The first-order valence-corrected chi connectivity index (χ1v) is 13.5. The summed E-state index contributed by atoms with van der Waals surface area (Å²) in [7, 11) is -4.20. The van der Waals surface area contributed by atoms with Crippen molar-refractivity contribution in [3.63, 3.8) is 0 Å². The third kappa shape index (κ3) is 5.14. The molecule has 0 bridgehead atoms. The minimum atomic E-state index is -3.61. The second-order valence-corrected chi connectivity index (χ2v) is 14.6. The van der Waals surface area contributed by atoms with Gasteiger partial charge >= 0.3 is 13.2 Å². The van der Waals surface area contributed by atoms with Crippen LogP contribution in [0.3, 0.4) is 0 Å². The third-order valence-corrected chi connectivity index (χ3v) is 10.2. The number of sulfone groups is 1. The molecule has 0 atom stereocenters. The maximum atomic E-state index is 13.7. The molecule has 0 spiro atoms. The van der Waals surface area contributed by atoms with E-state index in [9.17, 15) is 13.2 Å². The maximum Gasteiger partial charge on any atom is 0.494 e. The number of pyridine rings is 1. The Labute approximate surface area is 204 Å². The van der Waals surface area contributed by atoms with Gasteiger partial charge in [0.1, 0.15) is 10.3 Å². The summed E-state index contributed by atoms with van der Waals surface area (Å²) in [6.07, 6.45) is 1.93. The van der Waals surface area contributed by atoms with Crippen molar-refractivity contribution in [1.29, 1.82) is 0 Å². The van der Waals surface area contributed by atoms with Gasteiger partial charge in [-0.05, 0) is 92.8 Å². The lowest BCUT2D eigenvalue weighted by Gasteiger charge is -2.36. The van der Waals surface area contributed by atoms with Crippen LogP contribution < -0.4 is 5.46 Å². The Morgan fingerprint density at radius 3 is 2.12 bits per heavy atom. The number of carbonyl (C=O) groups is 1. The number of hydrogen-bond acceptors (Lipinski definition) is 7. The van der Waals surface area contributed by atoms with Crippen LogP contribution in [0.1, 0.15) is 80.8 Å². The number of piperidine rings is 1. The molecule has 1 aromatic rings. The van der Waals surface area contributed by atoms with Crippen LogP contribution in [-0.4, -0.2) is 66.7 Å². The fraction of sp³-hybridized carbons (Fsp3) is 0.750. The smallest absolute Gasteiger partial charge is 0.444 e. The van der Waals surface area contributed by atoms with Crippen molar-refractivity contribution < 1.29 is 27.3 Å². The van der Waals surface area contributed by atoms with Gasteiger partial charge in [-0.2, -0.15) is 0 Å². The van der Waals surface area contributed by atoms with Crippen LogP contribution in [0.15, 0.2) is 18.3 Å². The normalized spacial score (nSPS) is 21.6. The summed E-state index contributed by atoms with van der Waals surface area (Å²) >= 11 is 0. The minimum Gasteiger partial charge on any atom is -0.444 e. The van der Waals surface area contributed by atoms with Crippen molar-refractivity contribution in [2.24, 2.45) is 0 Å². The topological polar surface area (TPSA) is 95.0 Å². The lowest BCUT2D eigenvalue weighted by atomic mass is 9.79. The number of likely N-dealkylation sites (tertiary alicyclic amines) is 1. The molecule has 0 aromatic carbocycles. The highest BCUT2D eigenvalue weighted by molar-refractivity contribution is 7.92. The number of hydrogen-bond donors (Lipinski definition) is 0. The van der Waals surface area contributed by atoms with Gasteiger partial charge in [-0.15, -0.1) is 0 Å². The highest BCUT2D eigenvalue weighted by atomic mass is 32.2. The van der Waals surface area contributed by atoms with Crippen LogP contribution in [0.2, 0.25) is 0 Å². The molecule has 8 nitrogen and oxygen atoms in total. The summed E-state index contributed by atoms with van der Waals surface area (Å²) < 4.78 is 43.9. The molecule has 3 rings (SSSR count). The van der Waals surface area contributed by atoms with Crippen molar-refractivity contribution in [2.45, 2.75) is 102 Å². The zero-order valence-electron chi connectivity index (χ0n) is 22.0. The van der Waals surface area contributed by atoms with E-state index in [4.69, 9.17) is 14.0 Å². The van der Waals surface area contributed by atoms with Gasteiger partial charge in [-0.25, -0.2) is 13.2 Å². The van der Waals surface area contributed by atoms with Crippen molar-refractivity contribution >= 4 is 28.5 Å². The molecule has 34 heavy (non-hydrogen) atoms. The predicted octanol–water partition coefficient (Wildman–Crippen LogP) is 3.43. The fourth-order valence-corrected chi connectivity index (χ4v) is 6.21. The van der Waals surface area contributed by atoms with Gasteiger partial charge in [0, 0.05) is 19.3 Å².